The van der Waals surface area contributed by atoms with E-state index in [0.717, 1.165) is 13.1 Å². The van der Waals surface area contributed by atoms with Crippen LogP contribution in [-0.2, 0) is 0 Å². The highest BCUT2D eigenvalue weighted by atomic mass is 16.6. The van der Waals surface area contributed by atoms with Crippen LogP contribution in [0.3, 0.4) is 0 Å². The summed E-state index contributed by atoms with van der Waals surface area (Å²) in [5.74, 6) is 0.683. The van der Waals surface area contributed by atoms with Crippen molar-refractivity contribution in [3.05, 3.63) is 28.4 Å². The van der Waals surface area contributed by atoms with Crippen LogP contribution in [0, 0.1) is 10.1 Å². The van der Waals surface area contributed by atoms with E-state index < -0.39 is 4.92 Å². The van der Waals surface area contributed by atoms with Crippen LogP contribution in [0.15, 0.2) is 18.3 Å². The Labute approximate surface area is 99.6 Å². The van der Waals surface area contributed by atoms with Crippen LogP contribution in [-0.4, -0.2) is 29.0 Å². The van der Waals surface area contributed by atoms with E-state index in [9.17, 15) is 10.1 Å². The number of rotatable bonds is 4. The van der Waals surface area contributed by atoms with Gasteiger partial charge in [0, 0.05) is 18.7 Å². The second-order valence-corrected chi connectivity index (χ2v) is 4.19. The quantitative estimate of drug-likeness (QED) is 0.612. The third kappa shape index (κ3) is 3.39. The Morgan fingerprint density at radius 3 is 3.00 bits per heavy atom. The van der Waals surface area contributed by atoms with E-state index in [1.807, 2.05) is 0 Å². The summed E-state index contributed by atoms with van der Waals surface area (Å²) in [4.78, 5) is 14.0. The van der Waals surface area contributed by atoms with Gasteiger partial charge in [0.2, 0.25) is 0 Å². The van der Waals surface area contributed by atoms with Crippen molar-refractivity contribution in [2.45, 2.75) is 25.3 Å². The third-order valence-electron chi connectivity index (χ3n) is 2.90. The van der Waals surface area contributed by atoms with Crippen molar-refractivity contribution in [2.75, 3.05) is 18.4 Å². The molecule has 1 aromatic heterocycles. The molecule has 0 radical (unpaired) electrons. The molecule has 2 rings (SSSR count). The van der Waals surface area contributed by atoms with E-state index in [0.29, 0.717) is 11.9 Å². The summed E-state index contributed by atoms with van der Waals surface area (Å²) in [6.45, 7) is 1.88. The van der Waals surface area contributed by atoms with Crippen LogP contribution >= 0.6 is 0 Å². The van der Waals surface area contributed by atoms with Gasteiger partial charge in [0.1, 0.15) is 12.0 Å². The minimum Gasteiger partial charge on any atom is -0.369 e. The minimum atomic E-state index is -0.445. The van der Waals surface area contributed by atoms with Crippen LogP contribution in [0.1, 0.15) is 19.3 Å². The Hall–Kier alpha value is -1.69. The molecule has 0 bridgehead atoms. The summed E-state index contributed by atoms with van der Waals surface area (Å²) >= 11 is 0. The molecule has 1 unspecified atom stereocenters. The smallest absolute Gasteiger partial charge is 0.287 e. The van der Waals surface area contributed by atoms with Gasteiger partial charge in [0.05, 0.1) is 4.92 Å². The molecule has 1 aromatic rings. The fraction of sp³-hybridized carbons (Fsp3) is 0.545. The lowest BCUT2D eigenvalue weighted by atomic mass is 10.1. The minimum absolute atomic E-state index is 0.0198. The Morgan fingerprint density at radius 1 is 1.53 bits per heavy atom. The monoisotopic (exact) mass is 236 g/mol. The SMILES string of the molecule is O=[N+]([O-])c1ccc(NCC2CCCCN2)nc1. The van der Waals surface area contributed by atoms with Crippen molar-refractivity contribution in [1.29, 1.82) is 0 Å². The number of piperidine rings is 1. The molecule has 1 saturated heterocycles. The number of nitrogens with one attached hydrogen (secondary N) is 2. The molecule has 92 valence electrons. The average Bonchev–Trinajstić information content (AvgIpc) is 2.38. The van der Waals surface area contributed by atoms with Gasteiger partial charge in [-0.2, -0.15) is 0 Å². The summed E-state index contributed by atoms with van der Waals surface area (Å²) in [6.07, 6.45) is 4.94. The first-order valence-corrected chi connectivity index (χ1v) is 5.83. The molecule has 2 N–H and O–H groups in total. The van der Waals surface area contributed by atoms with Gasteiger partial charge >= 0.3 is 0 Å². The van der Waals surface area contributed by atoms with Gasteiger partial charge < -0.3 is 10.6 Å². The van der Waals surface area contributed by atoms with E-state index >= 15 is 0 Å². The molecule has 0 aliphatic carbocycles. The van der Waals surface area contributed by atoms with Gasteiger partial charge in [-0.15, -0.1) is 0 Å². The fourth-order valence-corrected chi connectivity index (χ4v) is 1.92. The Balaban J connectivity index is 1.84. The Kier molecular flexibility index (Phi) is 3.87. The summed E-state index contributed by atoms with van der Waals surface area (Å²) in [5, 5.41) is 17.1. The Morgan fingerprint density at radius 2 is 2.41 bits per heavy atom. The van der Waals surface area contributed by atoms with Gasteiger partial charge in [-0.3, -0.25) is 10.1 Å². The maximum absolute atomic E-state index is 10.5. The highest BCUT2D eigenvalue weighted by Crippen LogP contribution is 2.12. The zero-order valence-corrected chi connectivity index (χ0v) is 9.56. The largest absolute Gasteiger partial charge is 0.369 e. The van der Waals surface area contributed by atoms with E-state index in [-0.39, 0.29) is 5.69 Å². The van der Waals surface area contributed by atoms with Crippen molar-refractivity contribution >= 4 is 11.5 Å². The molecule has 0 spiro atoms. The first kappa shape index (κ1) is 11.8. The first-order chi connectivity index (χ1) is 8.25. The van der Waals surface area contributed by atoms with Crippen LogP contribution in [0.25, 0.3) is 0 Å². The number of aromatic nitrogens is 1. The summed E-state index contributed by atoms with van der Waals surface area (Å²) < 4.78 is 0. The topological polar surface area (TPSA) is 80.1 Å². The zero-order chi connectivity index (χ0) is 12.1. The fourth-order valence-electron chi connectivity index (χ4n) is 1.92. The number of anilines is 1. The van der Waals surface area contributed by atoms with E-state index in [1.54, 1.807) is 6.07 Å². The first-order valence-electron chi connectivity index (χ1n) is 5.83. The highest BCUT2D eigenvalue weighted by molar-refractivity contribution is 5.40. The lowest BCUT2D eigenvalue weighted by molar-refractivity contribution is -0.385. The van der Waals surface area contributed by atoms with Crippen molar-refractivity contribution in [3.63, 3.8) is 0 Å². The predicted octanol–water partition coefficient (Wildman–Crippen LogP) is 1.54. The normalized spacial score (nSPS) is 19.9. The van der Waals surface area contributed by atoms with E-state index in [4.69, 9.17) is 0 Å². The van der Waals surface area contributed by atoms with Gasteiger partial charge in [-0.1, -0.05) is 6.42 Å². The molecule has 17 heavy (non-hydrogen) atoms. The predicted molar refractivity (Wildman–Crippen MR) is 65.0 cm³/mol. The van der Waals surface area contributed by atoms with Gasteiger partial charge in [-0.25, -0.2) is 4.98 Å². The van der Waals surface area contributed by atoms with E-state index in [1.165, 1.54) is 31.5 Å². The summed E-state index contributed by atoms with van der Waals surface area (Å²) in [6, 6.07) is 3.57. The number of hydrogen-bond donors (Lipinski definition) is 2. The van der Waals surface area contributed by atoms with Crippen molar-refractivity contribution in [2.24, 2.45) is 0 Å². The molecule has 1 aliphatic rings. The summed E-state index contributed by atoms with van der Waals surface area (Å²) in [5.41, 5.74) is 0.0198. The summed E-state index contributed by atoms with van der Waals surface area (Å²) in [7, 11) is 0. The zero-order valence-electron chi connectivity index (χ0n) is 9.56. The lowest BCUT2D eigenvalue weighted by Crippen LogP contribution is -2.39. The van der Waals surface area contributed by atoms with Crippen molar-refractivity contribution in [1.82, 2.24) is 10.3 Å². The molecule has 1 aliphatic heterocycles. The second kappa shape index (κ2) is 5.58. The third-order valence-corrected chi connectivity index (χ3v) is 2.90. The van der Waals surface area contributed by atoms with Crippen molar-refractivity contribution in [3.8, 4) is 0 Å². The molecule has 6 heteroatoms. The molecule has 6 nitrogen and oxygen atoms in total. The standard InChI is InChI=1S/C11H16N4O2/c16-15(17)10-4-5-11(14-8-10)13-7-9-3-1-2-6-12-9/h4-5,8-9,12H,1-3,6-7H2,(H,13,14). The average molecular weight is 236 g/mol. The number of nitro groups is 1. The van der Waals surface area contributed by atoms with Crippen LogP contribution in [0.4, 0.5) is 11.5 Å². The lowest BCUT2D eigenvalue weighted by Gasteiger charge is -2.23. The number of nitrogens with zero attached hydrogens (tertiary/aromatic N) is 2. The van der Waals surface area contributed by atoms with Crippen LogP contribution < -0.4 is 10.6 Å². The van der Waals surface area contributed by atoms with Gasteiger partial charge in [0.25, 0.3) is 5.69 Å². The molecule has 0 saturated carbocycles. The van der Waals surface area contributed by atoms with Gasteiger partial charge in [0.15, 0.2) is 0 Å². The molecular weight excluding hydrogens is 220 g/mol. The van der Waals surface area contributed by atoms with Crippen molar-refractivity contribution < 1.29 is 4.92 Å². The maximum atomic E-state index is 10.5. The number of pyridine rings is 1. The highest BCUT2D eigenvalue weighted by Gasteiger charge is 2.12. The molecule has 2 heterocycles. The van der Waals surface area contributed by atoms with Crippen LogP contribution in [0.5, 0.6) is 0 Å². The second-order valence-electron chi connectivity index (χ2n) is 4.19. The van der Waals surface area contributed by atoms with E-state index in [2.05, 4.69) is 15.6 Å². The number of hydrogen-bond acceptors (Lipinski definition) is 5. The molecule has 0 amide bonds. The molecule has 1 fully saturated rings. The molecular formula is C11H16N4O2. The Bertz CT molecular complexity index is 374. The molecule has 1 atom stereocenters. The maximum Gasteiger partial charge on any atom is 0.287 e. The van der Waals surface area contributed by atoms with Gasteiger partial charge in [-0.05, 0) is 25.5 Å². The molecule has 0 aromatic carbocycles. The van der Waals surface area contributed by atoms with Crippen LogP contribution in [0.2, 0.25) is 0 Å².